The first-order chi connectivity index (χ1) is 9.73. The Bertz CT molecular complexity index is 538. The summed E-state index contributed by atoms with van der Waals surface area (Å²) in [4.78, 5) is 1.38. The lowest BCUT2D eigenvalue weighted by atomic mass is 9.95. The van der Waals surface area contributed by atoms with E-state index >= 15 is 0 Å². The van der Waals surface area contributed by atoms with Crippen molar-refractivity contribution in [2.75, 3.05) is 26.2 Å². The normalized spacial score (nSPS) is 17.1. The number of piperazine rings is 1. The van der Waals surface area contributed by atoms with E-state index in [2.05, 4.69) is 21.2 Å². The molecule has 1 fully saturated rings. The highest BCUT2D eigenvalue weighted by atomic mass is 79.9. The van der Waals surface area contributed by atoms with Crippen LogP contribution in [0, 0.1) is 13.8 Å². The zero-order valence-corrected chi connectivity index (χ0v) is 15.9. The molecule has 2 rings (SSSR count). The number of hydrogen-bond donors (Lipinski definition) is 2. The van der Waals surface area contributed by atoms with E-state index in [1.807, 2.05) is 0 Å². The first-order valence-corrected chi connectivity index (χ1v) is 7.52. The molecule has 3 nitrogen and oxygen atoms in total. The molecule has 0 aliphatic carbocycles. The van der Waals surface area contributed by atoms with Crippen LogP contribution in [0.5, 0.6) is 5.75 Å². The quantitative estimate of drug-likeness (QED) is 0.727. The van der Waals surface area contributed by atoms with Crippen LogP contribution >= 0.6 is 40.7 Å². The Balaban J connectivity index is 0.00000242. The van der Waals surface area contributed by atoms with Crippen molar-refractivity contribution >= 4 is 40.7 Å². The van der Waals surface area contributed by atoms with Crippen LogP contribution in [0.25, 0.3) is 0 Å². The molecule has 2 N–H and O–H groups in total. The average molecular weight is 440 g/mol. The highest BCUT2D eigenvalue weighted by Crippen LogP contribution is 2.45. The maximum absolute atomic E-state index is 13.6. The van der Waals surface area contributed by atoms with Crippen molar-refractivity contribution in [1.29, 1.82) is 0 Å². The van der Waals surface area contributed by atoms with E-state index in [1.165, 1.54) is 11.0 Å². The Labute approximate surface area is 154 Å². The van der Waals surface area contributed by atoms with Gasteiger partial charge in [-0.3, -0.25) is 4.90 Å². The molecule has 0 saturated carbocycles. The summed E-state index contributed by atoms with van der Waals surface area (Å²) in [5, 5.41) is 13.1. The van der Waals surface area contributed by atoms with Crippen molar-refractivity contribution < 1.29 is 18.3 Å². The molecule has 1 saturated heterocycles. The molecule has 0 unspecified atom stereocenters. The van der Waals surface area contributed by atoms with Crippen LogP contribution in [0.3, 0.4) is 0 Å². The van der Waals surface area contributed by atoms with Gasteiger partial charge in [-0.1, -0.05) is 15.9 Å². The molecule has 9 heteroatoms. The van der Waals surface area contributed by atoms with E-state index in [1.54, 1.807) is 13.8 Å². The number of benzene rings is 1. The summed E-state index contributed by atoms with van der Waals surface area (Å²) in [5.74, 6) is -0.297. The van der Waals surface area contributed by atoms with E-state index in [0.29, 0.717) is 36.2 Å². The second-order valence-electron chi connectivity index (χ2n) is 5.30. The second-order valence-corrected chi connectivity index (χ2v) is 6.09. The molecule has 134 valence electrons. The van der Waals surface area contributed by atoms with Crippen molar-refractivity contribution in [3.8, 4) is 5.75 Å². The van der Waals surface area contributed by atoms with Crippen LogP contribution in [0.4, 0.5) is 13.2 Å². The monoisotopic (exact) mass is 438 g/mol. The van der Waals surface area contributed by atoms with Gasteiger partial charge in [0.1, 0.15) is 11.8 Å². The van der Waals surface area contributed by atoms with Gasteiger partial charge in [0.25, 0.3) is 0 Å². The fraction of sp³-hybridized carbons (Fsp3) is 0.571. The van der Waals surface area contributed by atoms with Crippen LogP contribution in [0.15, 0.2) is 10.5 Å². The summed E-state index contributed by atoms with van der Waals surface area (Å²) < 4.78 is 41.4. The Kier molecular flexibility index (Phi) is 8.68. The lowest BCUT2D eigenvalue weighted by Gasteiger charge is -2.37. The van der Waals surface area contributed by atoms with E-state index in [-0.39, 0.29) is 36.1 Å². The predicted octanol–water partition coefficient (Wildman–Crippen LogP) is 4.12. The van der Waals surface area contributed by atoms with Crippen LogP contribution in [-0.4, -0.2) is 42.4 Å². The van der Waals surface area contributed by atoms with Gasteiger partial charge < -0.3 is 10.4 Å². The van der Waals surface area contributed by atoms with Gasteiger partial charge in [0.15, 0.2) is 0 Å². The van der Waals surface area contributed by atoms with Gasteiger partial charge in [-0.05, 0) is 31.0 Å². The van der Waals surface area contributed by atoms with E-state index in [0.717, 1.165) is 5.56 Å². The van der Waals surface area contributed by atoms with Crippen molar-refractivity contribution in [1.82, 2.24) is 10.2 Å². The fourth-order valence-corrected chi connectivity index (χ4v) is 3.12. The molecule has 0 bridgehead atoms. The maximum atomic E-state index is 13.6. The number of nitrogens with zero attached hydrogens (tertiary/aromatic N) is 1. The largest absolute Gasteiger partial charge is 0.508 e. The number of nitrogens with one attached hydrogen (secondary N) is 1. The summed E-state index contributed by atoms with van der Waals surface area (Å²) in [5.41, 5.74) is 1.10. The molecule has 1 aliphatic heterocycles. The third kappa shape index (κ3) is 4.89. The smallest absolute Gasteiger partial charge is 0.408 e. The first-order valence-electron chi connectivity index (χ1n) is 6.73. The lowest BCUT2D eigenvalue weighted by Crippen LogP contribution is -2.49. The van der Waals surface area contributed by atoms with Gasteiger partial charge >= 0.3 is 6.18 Å². The molecule has 0 radical (unpaired) electrons. The van der Waals surface area contributed by atoms with Gasteiger partial charge in [-0.25, -0.2) is 0 Å². The van der Waals surface area contributed by atoms with Crippen molar-refractivity contribution in [3.05, 3.63) is 27.2 Å². The van der Waals surface area contributed by atoms with Crippen molar-refractivity contribution in [2.45, 2.75) is 26.1 Å². The van der Waals surface area contributed by atoms with E-state index in [9.17, 15) is 18.3 Å². The number of halogens is 6. The maximum Gasteiger partial charge on any atom is 0.408 e. The average Bonchev–Trinajstić information content (AvgIpc) is 2.40. The molecule has 0 amide bonds. The molecule has 23 heavy (non-hydrogen) atoms. The Hall–Kier alpha value is -0.210. The minimum Gasteiger partial charge on any atom is -0.508 e. The number of hydrogen-bond acceptors (Lipinski definition) is 3. The molecule has 1 aliphatic rings. The molecule has 1 aromatic rings. The van der Waals surface area contributed by atoms with Crippen LogP contribution in [0.1, 0.15) is 22.7 Å². The highest BCUT2D eigenvalue weighted by Gasteiger charge is 2.47. The topological polar surface area (TPSA) is 35.5 Å². The summed E-state index contributed by atoms with van der Waals surface area (Å²) in [6.07, 6.45) is -4.44. The highest BCUT2D eigenvalue weighted by molar-refractivity contribution is 9.10. The predicted molar refractivity (Wildman–Crippen MR) is 93.0 cm³/mol. The molecule has 1 atom stereocenters. The van der Waals surface area contributed by atoms with Gasteiger partial charge in [-0.15, -0.1) is 24.8 Å². The summed E-state index contributed by atoms with van der Waals surface area (Å²) in [6, 6.07) is -0.399. The number of aryl methyl sites for hydroxylation is 1. The standard InChI is InChI=1S/C14H18BrF3N2O.2ClH/c1-8-7-10(21)11(9(2)12(8)15)13(14(16,17)18)20-5-3-19-4-6-20;;/h7,13,19,21H,3-6H2,1-2H3;2*1H/t13-;;/m0../s1. The summed E-state index contributed by atoms with van der Waals surface area (Å²) in [6.45, 7) is 4.98. The van der Waals surface area contributed by atoms with Gasteiger partial charge in [0.05, 0.1) is 0 Å². The van der Waals surface area contributed by atoms with E-state index in [4.69, 9.17) is 0 Å². The molecule has 0 spiro atoms. The Morgan fingerprint density at radius 2 is 1.74 bits per heavy atom. The SMILES string of the molecule is Cc1cc(O)c([C@H](N2CCNCC2)C(F)(F)F)c(C)c1Br.Cl.Cl. The van der Waals surface area contributed by atoms with Gasteiger partial charge in [0, 0.05) is 36.2 Å². The lowest BCUT2D eigenvalue weighted by molar-refractivity contribution is -0.188. The van der Waals surface area contributed by atoms with Crippen LogP contribution in [0.2, 0.25) is 0 Å². The van der Waals surface area contributed by atoms with Crippen LogP contribution < -0.4 is 5.32 Å². The minimum absolute atomic E-state index is 0. The summed E-state index contributed by atoms with van der Waals surface area (Å²) >= 11 is 3.31. The summed E-state index contributed by atoms with van der Waals surface area (Å²) in [7, 11) is 0. The second kappa shape index (κ2) is 8.76. The Morgan fingerprint density at radius 1 is 1.22 bits per heavy atom. The third-order valence-corrected chi connectivity index (χ3v) is 5.03. The number of alkyl halides is 3. The number of phenolic OH excluding ortho intramolecular Hbond substituents is 1. The number of phenols is 1. The van der Waals surface area contributed by atoms with Gasteiger partial charge in [-0.2, -0.15) is 13.2 Å². The minimum atomic E-state index is -4.44. The number of rotatable bonds is 2. The fourth-order valence-electron chi connectivity index (χ4n) is 2.79. The molecular weight excluding hydrogens is 420 g/mol. The van der Waals surface area contributed by atoms with Crippen molar-refractivity contribution in [3.63, 3.8) is 0 Å². The first kappa shape index (κ1) is 22.8. The number of aromatic hydroxyl groups is 1. The third-order valence-electron chi connectivity index (χ3n) is 3.81. The zero-order valence-electron chi connectivity index (χ0n) is 12.7. The Morgan fingerprint density at radius 3 is 2.22 bits per heavy atom. The molecule has 1 aromatic carbocycles. The zero-order chi connectivity index (χ0) is 15.8. The van der Waals surface area contributed by atoms with Crippen LogP contribution in [-0.2, 0) is 0 Å². The molecule has 1 heterocycles. The van der Waals surface area contributed by atoms with Crippen molar-refractivity contribution in [2.24, 2.45) is 0 Å². The molecule has 0 aromatic heterocycles. The van der Waals surface area contributed by atoms with E-state index < -0.39 is 12.2 Å². The molecular formula is C14H20BrCl2F3N2O. The van der Waals surface area contributed by atoms with Gasteiger partial charge in [0.2, 0.25) is 0 Å².